The van der Waals surface area contributed by atoms with Crippen LogP contribution in [0.15, 0.2) is 58.2 Å². The number of rotatable bonds is 7. The van der Waals surface area contributed by atoms with Crippen LogP contribution in [0, 0.1) is 13.8 Å². The third kappa shape index (κ3) is 3.81. The lowest BCUT2D eigenvalue weighted by molar-refractivity contribution is -0.129. The number of benzene rings is 1. The Bertz CT molecular complexity index is 1160. The number of thiazole rings is 1. The number of carbonyl (C=O) groups is 2. The Morgan fingerprint density at radius 3 is 2.58 bits per heavy atom. The molecule has 0 aliphatic carbocycles. The molecule has 31 heavy (non-hydrogen) atoms. The molecule has 1 unspecified atom stereocenters. The van der Waals surface area contributed by atoms with Crippen LogP contribution < -0.4 is 0 Å². The van der Waals surface area contributed by atoms with Gasteiger partial charge in [-0.2, -0.15) is 0 Å². The Morgan fingerprint density at radius 1 is 1.19 bits per heavy atom. The molecule has 0 fully saturated rings. The second-order valence-corrected chi connectivity index (χ2v) is 8.59. The van der Waals surface area contributed by atoms with Crippen molar-refractivity contribution in [1.29, 1.82) is 0 Å². The Kier molecular flexibility index (Phi) is 5.78. The number of aryl methyl sites for hydroxylation is 2. The van der Waals surface area contributed by atoms with E-state index in [9.17, 15) is 14.7 Å². The van der Waals surface area contributed by atoms with Crippen LogP contribution in [0.1, 0.15) is 52.7 Å². The minimum Gasteiger partial charge on any atom is -0.503 e. The predicted molar refractivity (Wildman–Crippen MR) is 119 cm³/mol. The Labute approximate surface area is 184 Å². The molecule has 2 aromatic heterocycles. The summed E-state index contributed by atoms with van der Waals surface area (Å²) in [5, 5.41) is 11.4. The summed E-state index contributed by atoms with van der Waals surface area (Å²) in [6, 6.07) is 12.4. The number of aliphatic hydroxyl groups excluding tert-OH is 1. The number of aromatic nitrogens is 1. The molecule has 0 saturated heterocycles. The molecule has 1 N–H and O–H groups in total. The largest absolute Gasteiger partial charge is 0.503 e. The molecule has 0 radical (unpaired) electrons. The van der Waals surface area contributed by atoms with E-state index < -0.39 is 17.7 Å². The summed E-state index contributed by atoms with van der Waals surface area (Å²) in [6.07, 6.45) is 1.64. The summed E-state index contributed by atoms with van der Waals surface area (Å²) in [7, 11) is 0. The highest BCUT2D eigenvalue weighted by Gasteiger charge is 2.45. The van der Waals surface area contributed by atoms with Crippen molar-refractivity contribution in [2.45, 2.75) is 39.7 Å². The third-order valence-electron chi connectivity index (χ3n) is 5.36. The minimum atomic E-state index is -0.748. The van der Waals surface area contributed by atoms with Crippen molar-refractivity contribution in [3.8, 4) is 10.6 Å². The van der Waals surface area contributed by atoms with Gasteiger partial charge in [0.25, 0.3) is 5.91 Å². The van der Waals surface area contributed by atoms with E-state index in [1.165, 1.54) is 16.2 Å². The van der Waals surface area contributed by atoms with Gasteiger partial charge < -0.3 is 14.4 Å². The summed E-state index contributed by atoms with van der Waals surface area (Å²) in [5.41, 5.74) is 1.54. The highest BCUT2D eigenvalue weighted by atomic mass is 32.1. The van der Waals surface area contributed by atoms with Gasteiger partial charge in [-0.25, -0.2) is 4.98 Å². The second-order valence-electron chi connectivity index (χ2n) is 7.59. The average molecular weight is 437 g/mol. The monoisotopic (exact) mass is 436 g/mol. The van der Waals surface area contributed by atoms with Gasteiger partial charge in [0, 0.05) is 12.1 Å². The molecule has 1 aliphatic heterocycles. The van der Waals surface area contributed by atoms with Crippen molar-refractivity contribution in [2.24, 2.45) is 0 Å². The number of amides is 1. The molecule has 3 aromatic rings. The smallest absolute Gasteiger partial charge is 0.290 e. The number of carbonyl (C=O) groups excluding carboxylic acids is 2. The van der Waals surface area contributed by atoms with Gasteiger partial charge in [-0.3, -0.25) is 9.59 Å². The van der Waals surface area contributed by atoms with Crippen LogP contribution in [0.3, 0.4) is 0 Å². The van der Waals surface area contributed by atoms with Crippen molar-refractivity contribution >= 4 is 23.0 Å². The number of Topliss-reactive ketones (excluding diaryl/α,β-unsaturated/α-hetero) is 1. The summed E-state index contributed by atoms with van der Waals surface area (Å²) >= 11 is 1.27. The van der Waals surface area contributed by atoms with Crippen molar-refractivity contribution < 1.29 is 19.1 Å². The van der Waals surface area contributed by atoms with E-state index in [2.05, 4.69) is 4.98 Å². The van der Waals surface area contributed by atoms with Gasteiger partial charge in [-0.05, 0) is 32.4 Å². The molecule has 1 aromatic carbocycles. The maximum atomic E-state index is 13.6. The lowest BCUT2D eigenvalue weighted by Crippen LogP contribution is -2.31. The number of aliphatic hydroxyl groups is 1. The van der Waals surface area contributed by atoms with Gasteiger partial charge in [0.1, 0.15) is 22.6 Å². The van der Waals surface area contributed by atoms with Crippen molar-refractivity contribution in [3.63, 3.8) is 0 Å². The van der Waals surface area contributed by atoms with Gasteiger partial charge in [-0.15, -0.1) is 11.3 Å². The fraction of sp³-hybridized carbons (Fsp3) is 0.292. The molecule has 1 atom stereocenters. The first-order valence-electron chi connectivity index (χ1n) is 10.3. The van der Waals surface area contributed by atoms with E-state index in [4.69, 9.17) is 4.42 Å². The van der Waals surface area contributed by atoms with Crippen LogP contribution in [-0.2, 0) is 4.79 Å². The van der Waals surface area contributed by atoms with Gasteiger partial charge >= 0.3 is 0 Å². The normalized spacial score (nSPS) is 16.4. The highest BCUT2D eigenvalue weighted by Crippen LogP contribution is 2.41. The number of unbranched alkanes of at least 4 members (excludes halogenated alkanes) is 1. The number of hydrogen-bond acceptors (Lipinski definition) is 6. The molecular formula is C24H24N2O4S. The van der Waals surface area contributed by atoms with Crippen LogP contribution in [0.5, 0.6) is 0 Å². The van der Waals surface area contributed by atoms with Crippen molar-refractivity contribution in [3.05, 3.63) is 75.9 Å². The maximum Gasteiger partial charge on any atom is 0.290 e. The Balaban J connectivity index is 1.76. The van der Waals surface area contributed by atoms with Gasteiger partial charge in [0.2, 0.25) is 5.78 Å². The first kappa shape index (κ1) is 21.1. The van der Waals surface area contributed by atoms with Crippen LogP contribution in [0.4, 0.5) is 0 Å². The Morgan fingerprint density at radius 2 is 1.94 bits per heavy atom. The summed E-state index contributed by atoms with van der Waals surface area (Å²) in [6.45, 7) is 6.03. The van der Waals surface area contributed by atoms with Gasteiger partial charge in [0.05, 0.1) is 16.1 Å². The maximum absolute atomic E-state index is 13.6. The first-order chi connectivity index (χ1) is 14.9. The van der Waals surface area contributed by atoms with E-state index in [-0.39, 0.29) is 11.4 Å². The molecule has 1 amide bonds. The Hall–Kier alpha value is -3.19. The summed E-state index contributed by atoms with van der Waals surface area (Å²) < 4.78 is 5.79. The fourth-order valence-electron chi connectivity index (χ4n) is 3.77. The highest BCUT2D eigenvalue weighted by molar-refractivity contribution is 7.17. The molecule has 7 heteroatoms. The molecule has 0 saturated carbocycles. The molecule has 160 valence electrons. The van der Waals surface area contributed by atoms with Crippen LogP contribution in [-0.4, -0.2) is 33.2 Å². The zero-order valence-electron chi connectivity index (χ0n) is 17.7. The summed E-state index contributed by atoms with van der Waals surface area (Å²) in [5.74, 6) is -0.284. The molecule has 4 rings (SSSR count). The SMILES string of the molecule is CCCCN1C(=O)C(O)=C(C(=O)c2sc(-c3ccccc3)nc2C)C1c1ccc(C)o1. The van der Waals surface area contributed by atoms with Gasteiger partial charge in [-0.1, -0.05) is 43.7 Å². The fourth-order valence-corrected chi connectivity index (χ4v) is 4.80. The van der Waals surface area contributed by atoms with Crippen LogP contribution in [0.25, 0.3) is 10.6 Å². The van der Waals surface area contributed by atoms with E-state index in [1.807, 2.05) is 37.3 Å². The molecule has 0 spiro atoms. The van der Waals surface area contributed by atoms with E-state index >= 15 is 0 Å². The topological polar surface area (TPSA) is 83.6 Å². The molecule has 3 heterocycles. The molecule has 0 bridgehead atoms. The van der Waals surface area contributed by atoms with Crippen LogP contribution >= 0.6 is 11.3 Å². The van der Waals surface area contributed by atoms with Gasteiger partial charge in [0.15, 0.2) is 5.76 Å². The van der Waals surface area contributed by atoms with E-state index in [1.54, 1.807) is 26.0 Å². The quantitative estimate of drug-likeness (QED) is 0.502. The first-order valence-corrected chi connectivity index (χ1v) is 11.1. The molecule has 1 aliphatic rings. The van der Waals surface area contributed by atoms with E-state index in [0.717, 1.165) is 23.4 Å². The second kappa shape index (κ2) is 8.51. The molecule has 6 nitrogen and oxygen atoms in total. The molecular weight excluding hydrogens is 412 g/mol. The zero-order valence-corrected chi connectivity index (χ0v) is 18.5. The lowest BCUT2D eigenvalue weighted by atomic mass is 9.99. The lowest BCUT2D eigenvalue weighted by Gasteiger charge is -2.24. The predicted octanol–water partition coefficient (Wildman–Crippen LogP) is 5.40. The number of hydrogen-bond donors (Lipinski definition) is 1. The zero-order chi connectivity index (χ0) is 22.1. The van der Waals surface area contributed by atoms with Crippen LogP contribution in [0.2, 0.25) is 0 Å². The van der Waals surface area contributed by atoms with Crippen molar-refractivity contribution in [2.75, 3.05) is 6.54 Å². The number of furan rings is 1. The summed E-state index contributed by atoms with van der Waals surface area (Å²) in [4.78, 5) is 33.0. The number of nitrogens with zero attached hydrogens (tertiary/aromatic N) is 2. The minimum absolute atomic E-state index is 0.0572. The third-order valence-corrected chi connectivity index (χ3v) is 6.56. The number of ketones is 1. The van der Waals surface area contributed by atoms with Crippen molar-refractivity contribution in [1.82, 2.24) is 9.88 Å². The standard InChI is InChI=1S/C24H24N2O4S/c1-4-5-13-26-19(17-12-11-14(2)30-17)18(21(28)24(26)29)20(27)22-15(3)25-23(31-22)16-9-7-6-8-10-16/h6-12,19,28H,4-5,13H2,1-3H3. The van der Waals surface area contributed by atoms with E-state index in [0.29, 0.717) is 28.6 Å². The average Bonchev–Trinajstić information content (AvgIpc) is 3.44.